The summed E-state index contributed by atoms with van der Waals surface area (Å²) in [5.74, 6) is -4.93. The average Bonchev–Trinajstić information content (AvgIpc) is 4.15. The molecule has 5 rings (SSSR count). The largest absolute Gasteiger partial charge is 0.508 e. The van der Waals surface area contributed by atoms with Gasteiger partial charge in [-0.05, 0) is 132 Å². The normalized spacial score (nSPS) is 13.1. The van der Waals surface area contributed by atoms with Crippen LogP contribution < -0.4 is 0 Å². The van der Waals surface area contributed by atoms with Crippen molar-refractivity contribution in [2.24, 2.45) is 11.8 Å². The van der Waals surface area contributed by atoms with E-state index in [0.29, 0.717) is 28.9 Å². The van der Waals surface area contributed by atoms with Gasteiger partial charge in [0.1, 0.15) is 11.5 Å². The van der Waals surface area contributed by atoms with Crippen molar-refractivity contribution in [2.75, 3.05) is 14.2 Å². The van der Waals surface area contributed by atoms with E-state index >= 15 is 0 Å². The molecule has 1 aliphatic carbocycles. The number of hydrogen-bond acceptors (Lipinski definition) is 8. The third kappa shape index (κ3) is 15.6. The molecule has 0 heterocycles. The highest BCUT2D eigenvalue weighted by Crippen LogP contribution is 2.39. The number of phenols is 2. The molecular formula is C53H70O10. The Labute approximate surface area is 374 Å². The van der Waals surface area contributed by atoms with E-state index in [2.05, 4.69) is 59.7 Å². The van der Waals surface area contributed by atoms with E-state index in [1.54, 1.807) is 12.1 Å². The maximum Gasteiger partial charge on any atom is 0.320 e. The summed E-state index contributed by atoms with van der Waals surface area (Å²) in [6.45, 7) is 17.0. The Balaban J connectivity index is 0.000000314. The summed E-state index contributed by atoms with van der Waals surface area (Å²) in [6, 6.07) is 27.3. The van der Waals surface area contributed by atoms with Crippen LogP contribution in [-0.2, 0) is 52.3 Å². The molecule has 4 N–H and O–H groups in total. The van der Waals surface area contributed by atoms with Crippen LogP contribution in [0.15, 0.2) is 84.9 Å². The Morgan fingerprint density at radius 1 is 0.556 bits per heavy atom. The third-order valence-electron chi connectivity index (χ3n) is 12.2. The van der Waals surface area contributed by atoms with Gasteiger partial charge < -0.3 is 29.9 Å². The van der Waals surface area contributed by atoms with Crippen molar-refractivity contribution in [3.63, 3.8) is 0 Å². The number of aliphatic carboxylic acids is 2. The molecule has 4 aromatic carbocycles. The molecule has 2 atom stereocenters. The number of aryl methyl sites for hydroxylation is 2. The number of ether oxygens (including phenoxy) is 2. The lowest BCUT2D eigenvalue weighted by Gasteiger charge is -2.31. The Morgan fingerprint density at radius 3 is 1.16 bits per heavy atom. The van der Waals surface area contributed by atoms with E-state index in [1.165, 1.54) is 50.2 Å². The van der Waals surface area contributed by atoms with Crippen LogP contribution >= 0.6 is 0 Å². The molecule has 0 spiro atoms. The summed E-state index contributed by atoms with van der Waals surface area (Å²) in [5, 5.41) is 37.8. The lowest BCUT2D eigenvalue weighted by atomic mass is 9.74. The fourth-order valence-electron chi connectivity index (χ4n) is 7.77. The van der Waals surface area contributed by atoms with Crippen LogP contribution in [0.3, 0.4) is 0 Å². The zero-order valence-electron chi connectivity index (χ0n) is 39.0. The predicted octanol–water partition coefficient (Wildman–Crippen LogP) is 11.1. The summed E-state index contributed by atoms with van der Waals surface area (Å²) < 4.78 is 9.49. The summed E-state index contributed by atoms with van der Waals surface area (Å²) in [4.78, 5) is 46.1. The molecule has 1 fully saturated rings. The Bertz CT molecular complexity index is 2080. The highest BCUT2D eigenvalue weighted by Gasteiger charge is 2.31. The van der Waals surface area contributed by atoms with Crippen molar-refractivity contribution in [2.45, 2.75) is 136 Å². The van der Waals surface area contributed by atoms with Crippen LogP contribution in [-0.4, -0.2) is 58.5 Å². The fraction of sp³-hybridized carbons (Fsp3) is 0.472. The number of aromatic hydroxyl groups is 2. The minimum atomic E-state index is -1.43. The smallest absolute Gasteiger partial charge is 0.320 e. The van der Waals surface area contributed by atoms with E-state index < -0.39 is 35.7 Å². The molecule has 1 saturated carbocycles. The molecule has 0 radical (unpaired) electrons. The molecule has 4 aromatic rings. The number of carboxylic acid groups (broad SMARTS) is 2. The Kier molecular flexibility index (Phi) is 19.5. The number of rotatable bonds is 18. The van der Waals surface area contributed by atoms with Gasteiger partial charge in [-0.2, -0.15) is 0 Å². The lowest BCUT2D eigenvalue weighted by molar-refractivity contribution is -0.159. The topological polar surface area (TPSA) is 168 Å². The summed E-state index contributed by atoms with van der Waals surface area (Å²) in [7, 11) is 2.54. The van der Waals surface area contributed by atoms with Crippen LogP contribution in [0.1, 0.15) is 143 Å². The number of carboxylic acids is 2. The zero-order chi connectivity index (χ0) is 47.1. The van der Waals surface area contributed by atoms with Gasteiger partial charge in [-0.1, -0.05) is 134 Å². The molecule has 0 aliphatic heterocycles. The van der Waals surface area contributed by atoms with E-state index in [4.69, 9.17) is 19.7 Å². The molecule has 2 unspecified atom stereocenters. The monoisotopic (exact) mass is 866 g/mol. The zero-order valence-corrected chi connectivity index (χ0v) is 39.0. The predicted molar refractivity (Wildman–Crippen MR) is 247 cm³/mol. The van der Waals surface area contributed by atoms with Gasteiger partial charge in [-0.3, -0.25) is 19.2 Å². The van der Waals surface area contributed by atoms with Crippen LogP contribution in [0.5, 0.6) is 11.5 Å². The first-order valence-electron chi connectivity index (χ1n) is 22.1. The minimum Gasteiger partial charge on any atom is -0.508 e. The minimum absolute atomic E-state index is 0.0278. The van der Waals surface area contributed by atoms with E-state index in [-0.39, 0.29) is 23.7 Å². The van der Waals surface area contributed by atoms with Gasteiger partial charge in [0.2, 0.25) is 0 Å². The highest BCUT2D eigenvalue weighted by molar-refractivity contribution is 5.95. The van der Waals surface area contributed by atoms with Gasteiger partial charge in [0, 0.05) is 0 Å². The Morgan fingerprint density at radius 2 is 0.889 bits per heavy atom. The van der Waals surface area contributed by atoms with Crippen molar-refractivity contribution in [3.05, 3.63) is 129 Å². The van der Waals surface area contributed by atoms with Crippen molar-refractivity contribution in [1.82, 2.24) is 0 Å². The number of carbonyl (C=O) groups excluding carboxylic acids is 2. The molecule has 1 aliphatic rings. The molecule has 0 aromatic heterocycles. The highest BCUT2D eigenvalue weighted by atomic mass is 16.5. The number of phenolic OH excluding ortho intramolecular Hbond substituents is 2. The van der Waals surface area contributed by atoms with E-state index in [9.17, 15) is 29.4 Å². The fourth-order valence-corrected chi connectivity index (χ4v) is 7.77. The average molecular weight is 867 g/mol. The molecule has 0 saturated heterocycles. The summed E-state index contributed by atoms with van der Waals surface area (Å²) in [5.41, 5.74) is 7.94. The van der Waals surface area contributed by atoms with Crippen LogP contribution in [0, 0.1) is 25.7 Å². The third-order valence-corrected chi connectivity index (χ3v) is 12.2. The van der Waals surface area contributed by atoms with Crippen LogP contribution in [0.2, 0.25) is 0 Å². The van der Waals surface area contributed by atoms with Gasteiger partial charge in [0.15, 0.2) is 11.8 Å². The second-order valence-electron chi connectivity index (χ2n) is 18.2. The summed E-state index contributed by atoms with van der Waals surface area (Å²) >= 11 is 0. The van der Waals surface area contributed by atoms with Crippen molar-refractivity contribution < 1.29 is 49.1 Å². The van der Waals surface area contributed by atoms with Gasteiger partial charge in [0.05, 0.1) is 14.2 Å². The van der Waals surface area contributed by atoms with Gasteiger partial charge in [0.25, 0.3) is 0 Å². The maximum atomic E-state index is 11.9. The van der Waals surface area contributed by atoms with E-state index in [0.717, 1.165) is 47.9 Å². The first-order chi connectivity index (χ1) is 29.7. The number of hydrogen-bond donors (Lipinski definition) is 4. The van der Waals surface area contributed by atoms with Crippen molar-refractivity contribution >= 4 is 23.9 Å². The number of benzene rings is 4. The number of esters is 2. The van der Waals surface area contributed by atoms with Gasteiger partial charge in [-0.15, -0.1) is 0 Å². The SMILES string of the molecule is C1CC1.CCC(CC(C)(C)c1ccc(O)c(C)c1)c1ccc(CC(C(=O)O)C(=O)O)cc1.CCC(CC(C)(C)c1ccc(O)c(C)c1)c1ccc(CC(C(=O)OC)C(=O)OC)cc1. The van der Waals surface area contributed by atoms with Crippen LogP contribution in [0.4, 0.5) is 0 Å². The van der Waals surface area contributed by atoms with Gasteiger partial charge in [-0.25, -0.2) is 0 Å². The molecule has 63 heavy (non-hydrogen) atoms. The van der Waals surface area contributed by atoms with Crippen molar-refractivity contribution in [3.8, 4) is 11.5 Å². The molecule has 10 nitrogen and oxygen atoms in total. The molecule has 342 valence electrons. The summed E-state index contributed by atoms with van der Waals surface area (Å²) in [6.07, 6.45) is 8.54. The second kappa shape index (κ2) is 23.7. The molecule has 0 amide bonds. The van der Waals surface area contributed by atoms with Crippen molar-refractivity contribution in [1.29, 1.82) is 0 Å². The second-order valence-corrected chi connectivity index (χ2v) is 18.2. The first-order valence-corrected chi connectivity index (χ1v) is 22.1. The quantitative estimate of drug-likeness (QED) is 0.0558. The molecular weight excluding hydrogens is 797 g/mol. The number of methoxy groups -OCH3 is 2. The number of carbonyl (C=O) groups is 4. The van der Waals surface area contributed by atoms with E-state index in [1.807, 2.05) is 68.4 Å². The van der Waals surface area contributed by atoms with Crippen LogP contribution in [0.25, 0.3) is 0 Å². The Hall–Kier alpha value is -5.64. The standard InChI is InChI=1S/C26H34O5.C24H30O5.C3H6/c1-7-19(16-26(3,4)21-12-13-23(27)17(2)14-21)20-10-8-18(9-11-20)15-22(24(28)30-5)25(29)31-6;1-5-17(14-24(3,4)19-10-11-21(25)15(2)12-19)18-8-6-16(7-9-18)13-20(22(26)27)23(28)29;1-2-3-1/h8-14,19,22,27H,7,15-16H2,1-6H3;6-12,17,20,25H,5,13-14H2,1-4H3,(H,26,27)(H,28,29);1-3H2. The first kappa shape index (κ1) is 51.7. The van der Waals surface area contributed by atoms with Gasteiger partial charge >= 0.3 is 23.9 Å². The lowest BCUT2D eigenvalue weighted by Crippen LogP contribution is -2.28. The molecule has 0 bridgehead atoms. The molecule has 10 heteroatoms. The maximum absolute atomic E-state index is 11.9.